The molecule has 0 aliphatic carbocycles. The van der Waals surface area contributed by atoms with E-state index in [0.29, 0.717) is 0 Å². The zero-order valence-corrected chi connectivity index (χ0v) is 8.75. The number of rotatable bonds is 4. The fourth-order valence-electron chi connectivity index (χ4n) is 1.01. The molecular weight excluding hydrogens is 194 g/mol. The lowest BCUT2D eigenvalue weighted by Gasteiger charge is -2.08. The summed E-state index contributed by atoms with van der Waals surface area (Å²) < 4.78 is 0. The van der Waals surface area contributed by atoms with Gasteiger partial charge in [-0.15, -0.1) is 11.8 Å². The maximum absolute atomic E-state index is 11.2. The van der Waals surface area contributed by atoms with E-state index in [9.17, 15) is 4.79 Å². The van der Waals surface area contributed by atoms with Gasteiger partial charge in [-0.05, 0) is 19.1 Å². The lowest BCUT2D eigenvalue weighted by molar-refractivity contribution is -0.116. The minimum atomic E-state index is -0.234. The molecule has 1 aromatic rings. The number of carbonyl (C=O) groups excluding carboxylic acids is 1. The molecule has 0 N–H and O–H groups in total. The summed E-state index contributed by atoms with van der Waals surface area (Å²) in [7, 11) is 0. The summed E-state index contributed by atoms with van der Waals surface area (Å²) >= 11 is 1.45. The van der Waals surface area contributed by atoms with Crippen LogP contribution in [0.3, 0.4) is 0 Å². The third kappa shape index (κ3) is 3.23. The van der Waals surface area contributed by atoms with E-state index < -0.39 is 0 Å². The summed E-state index contributed by atoms with van der Waals surface area (Å²) in [5.74, 6) is 0.0559. The zero-order chi connectivity index (χ0) is 10.4. The third-order valence-corrected chi connectivity index (χ3v) is 3.08. The van der Waals surface area contributed by atoms with Crippen molar-refractivity contribution in [3.63, 3.8) is 0 Å². The number of thioether (sulfide) groups is 1. The van der Waals surface area contributed by atoms with Gasteiger partial charge in [0.25, 0.3) is 0 Å². The van der Waals surface area contributed by atoms with Crippen molar-refractivity contribution in [1.82, 2.24) is 0 Å². The van der Waals surface area contributed by atoms with Crippen LogP contribution in [0.2, 0.25) is 0 Å². The van der Waals surface area contributed by atoms with Gasteiger partial charge in [-0.2, -0.15) is 5.26 Å². The molecule has 0 amide bonds. The van der Waals surface area contributed by atoms with E-state index in [2.05, 4.69) is 0 Å². The highest BCUT2D eigenvalue weighted by molar-refractivity contribution is 8.00. The summed E-state index contributed by atoms with van der Waals surface area (Å²) in [5.41, 5.74) is 0. The van der Waals surface area contributed by atoms with E-state index in [1.54, 1.807) is 0 Å². The van der Waals surface area contributed by atoms with Crippen LogP contribution < -0.4 is 0 Å². The fraction of sp³-hybridized carbons (Fsp3) is 0.273. The summed E-state index contributed by atoms with van der Waals surface area (Å²) in [6.45, 7) is 1.53. The van der Waals surface area contributed by atoms with E-state index >= 15 is 0 Å². The Morgan fingerprint density at radius 2 is 2.14 bits per heavy atom. The van der Waals surface area contributed by atoms with Gasteiger partial charge in [0.15, 0.2) is 0 Å². The predicted octanol–water partition coefficient (Wildman–Crippen LogP) is 2.65. The molecule has 1 aromatic carbocycles. The first-order valence-corrected chi connectivity index (χ1v) is 5.21. The van der Waals surface area contributed by atoms with Gasteiger partial charge in [0.1, 0.15) is 5.78 Å². The minimum Gasteiger partial charge on any atom is -0.299 e. The van der Waals surface area contributed by atoms with Crippen molar-refractivity contribution in [1.29, 1.82) is 5.26 Å². The average Bonchev–Trinajstić information content (AvgIpc) is 2.18. The second-order valence-corrected chi connectivity index (χ2v) is 4.17. The number of ketones is 1. The van der Waals surface area contributed by atoms with Crippen molar-refractivity contribution in [2.75, 3.05) is 0 Å². The number of Topliss-reactive ketones (excluding diaryl/α,β-unsaturated/α-hetero) is 1. The smallest absolute Gasteiger partial charge is 0.144 e. The van der Waals surface area contributed by atoms with Gasteiger partial charge in [0.05, 0.1) is 17.7 Å². The van der Waals surface area contributed by atoms with Crippen LogP contribution in [0.4, 0.5) is 0 Å². The predicted molar refractivity (Wildman–Crippen MR) is 57.0 cm³/mol. The molecule has 0 heterocycles. The highest BCUT2D eigenvalue weighted by Crippen LogP contribution is 2.25. The Kier molecular flexibility index (Phi) is 4.21. The molecule has 0 fully saturated rings. The lowest BCUT2D eigenvalue weighted by Crippen LogP contribution is -2.12. The minimum absolute atomic E-state index is 0.0559. The van der Waals surface area contributed by atoms with Crippen molar-refractivity contribution < 1.29 is 4.79 Å². The van der Waals surface area contributed by atoms with E-state index in [1.807, 2.05) is 36.4 Å². The third-order valence-electron chi connectivity index (χ3n) is 1.75. The van der Waals surface area contributed by atoms with Gasteiger partial charge < -0.3 is 0 Å². The van der Waals surface area contributed by atoms with Gasteiger partial charge in [0, 0.05) is 4.90 Å². The molecule has 0 saturated carbocycles. The molecule has 0 radical (unpaired) electrons. The fourth-order valence-corrected chi connectivity index (χ4v) is 1.98. The summed E-state index contributed by atoms with van der Waals surface area (Å²) in [6, 6.07) is 11.7. The van der Waals surface area contributed by atoms with E-state index in [0.717, 1.165) is 4.90 Å². The highest BCUT2D eigenvalue weighted by atomic mass is 32.2. The molecule has 3 heteroatoms. The Balaban J connectivity index is 2.66. The summed E-state index contributed by atoms with van der Waals surface area (Å²) in [4.78, 5) is 12.2. The van der Waals surface area contributed by atoms with Crippen molar-refractivity contribution in [3.8, 4) is 6.07 Å². The molecule has 1 rings (SSSR count). The monoisotopic (exact) mass is 205 g/mol. The Hall–Kier alpha value is -1.27. The first-order valence-electron chi connectivity index (χ1n) is 4.33. The Morgan fingerprint density at radius 3 is 2.64 bits per heavy atom. The Labute approximate surface area is 87.9 Å². The van der Waals surface area contributed by atoms with Crippen LogP contribution in [0.1, 0.15) is 13.3 Å². The maximum Gasteiger partial charge on any atom is 0.144 e. The molecule has 0 spiro atoms. The van der Waals surface area contributed by atoms with Gasteiger partial charge in [0.2, 0.25) is 0 Å². The molecule has 1 atom stereocenters. The van der Waals surface area contributed by atoms with Crippen LogP contribution in [0, 0.1) is 11.3 Å². The molecule has 14 heavy (non-hydrogen) atoms. The van der Waals surface area contributed by atoms with Crippen LogP contribution in [0.5, 0.6) is 0 Å². The second-order valence-electron chi connectivity index (χ2n) is 2.89. The molecule has 0 aliphatic heterocycles. The topological polar surface area (TPSA) is 40.9 Å². The van der Waals surface area contributed by atoms with Crippen molar-refractivity contribution in [3.05, 3.63) is 30.3 Å². The van der Waals surface area contributed by atoms with Crippen molar-refractivity contribution in [2.45, 2.75) is 23.5 Å². The standard InChI is InChI=1S/C11H11NOS/c1-9(13)11(7-8-12)14-10-5-3-2-4-6-10/h2-6,11H,7H2,1H3. The van der Waals surface area contributed by atoms with Crippen LogP contribution in [0.25, 0.3) is 0 Å². The molecule has 0 bridgehead atoms. The number of hydrogen-bond donors (Lipinski definition) is 0. The summed E-state index contributed by atoms with van der Waals surface area (Å²) in [6.07, 6.45) is 0.273. The molecule has 72 valence electrons. The van der Waals surface area contributed by atoms with Gasteiger partial charge in [-0.1, -0.05) is 18.2 Å². The molecule has 1 unspecified atom stereocenters. The van der Waals surface area contributed by atoms with Gasteiger partial charge in [-0.3, -0.25) is 4.79 Å². The lowest BCUT2D eigenvalue weighted by atomic mass is 10.2. The quantitative estimate of drug-likeness (QED) is 0.709. The Bertz CT molecular complexity index is 342. The second kappa shape index (κ2) is 5.46. The SMILES string of the molecule is CC(=O)C(CC#N)Sc1ccccc1. The first-order chi connectivity index (χ1) is 6.74. The van der Waals surface area contributed by atoms with Gasteiger partial charge >= 0.3 is 0 Å². The van der Waals surface area contributed by atoms with Crippen LogP contribution in [-0.2, 0) is 4.79 Å². The number of benzene rings is 1. The zero-order valence-electron chi connectivity index (χ0n) is 7.93. The van der Waals surface area contributed by atoms with Gasteiger partial charge in [-0.25, -0.2) is 0 Å². The van der Waals surface area contributed by atoms with Crippen molar-refractivity contribution in [2.24, 2.45) is 0 Å². The number of hydrogen-bond acceptors (Lipinski definition) is 3. The molecule has 2 nitrogen and oxygen atoms in total. The number of nitrogens with zero attached hydrogens (tertiary/aromatic N) is 1. The Morgan fingerprint density at radius 1 is 1.50 bits per heavy atom. The molecule has 0 saturated heterocycles. The number of nitriles is 1. The molecule has 0 aromatic heterocycles. The van der Waals surface area contributed by atoms with Crippen LogP contribution in [-0.4, -0.2) is 11.0 Å². The van der Waals surface area contributed by atoms with Crippen LogP contribution >= 0.6 is 11.8 Å². The normalized spacial score (nSPS) is 11.7. The number of carbonyl (C=O) groups is 1. The summed E-state index contributed by atoms with van der Waals surface area (Å²) in [5, 5.41) is 8.31. The van der Waals surface area contributed by atoms with E-state index in [-0.39, 0.29) is 17.5 Å². The van der Waals surface area contributed by atoms with E-state index in [4.69, 9.17) is 5.26 Å². The van der Waals surface area contributed by atoms with Crippen molar-refractivity contribution >= 4 is 17.5 Å². The highest BCUT2D eigenvalue weighted by Gasteiger charge is 2.14. The average molecular weight is 205 g/mol. The van der Waals surface area contributed by atoms with E-state index in [1.165, 1.54) is 18.7 Å². The molecular formula is C11H11NOS. The maximum atomic E-state index is 11.2. The largest absolute Gasteiger partial charge is 0.299 e. The first kappa shape index (κ1) is 10.8. The molecule has 0 aliphatic rings. The van der Waals surface area contributed by atoms with Crippen LogP contribution in [0.15, 0.2) is 35.2 Å².